The summed E-state index contributed by atoms with van der Waals surface area (Å²) in [6, 6.07) is 10.9. The third-order valence-electron chi connectivity index (χ3n) is 3.23. The Kier molecular flexibility index (Phi) is 3.06. The Balaban J connectivity index is 2.02. The maximum Gasteiger partial charge on any atom is 0.335 e. The quantitative estimate of drug-likeness (QED) is 0.797. The number of hydrogen-bond acceptors (Lipinski definition) is 4. The largest absolute Gasteiger partial charge is 0.478 e. The summed E-state index contributed by atoms with van der Waals surface area (Å²) in [7, 11) is 3.96. The molecule has 6 heteroatoms. The van der Waals surface area contributed by atoms with Gasteiger partial charge in [0, 0.05) is 31.5 Å². The summed E-state index contributed by atoms with van der Waals surface area (Å²) in [5.74, 6) is -0.403. The molecule has 0 fully saturated rings. The van der Waals surface area contributed by atoms with Gasteiger partial charge in [-0.2, -0.15) is 0 Å². The number of carboxylic acids is 1. The molecule has 6 nitrogen and oxygen atoms in total. The molecule has 0 amide bonds. The molecule has 1 N–H and O–H groups in total. The van der Waals surface area contributed by atoms with Crippen LogP contribution in [0.25, 0.3) is 17.0 Å². The van der Waals surface area contributed by atoms with Crippen LogP contribution in [0.5, 0.6) is 0 Å². The second-order valence-corrected chi connectivity index (χ2v) is 4.90. The van der Waals surface area contributed by atoms with Crippen molar-refractivity contribution in [3.8, 4) is 11.4 Å². The first-order valence-corrected chi connectivity index (χ1v) is 6.42. The van der Waals surface area contributed by atoms with Crippen molar-refractivity contribution >= 4 is 17.3 Å². The molecule has 3 aromatic rings. The number of pyridine rings is 1. The molecule has 0 aliphatic heterocycles. The van der Waals surface area contributed by atoms with Gasteiger partial charge < -0.3 is 10.0 Å². The second-order valence-electron chi connectivity index (χ2n) is 4.90. The highest BCUT2D eigenvalue weighted by Crippen LogP contribution is 2.20. The van der Waals surface area contributed by atoms with E-state index in [1.165, 1.54) is 12.1 Å². The van der Waals surface area contributed by atoms with Crippen molar-refractivity contribution in [2.24, 2.45) is 0 Å². The van der Waals surface area contributed by atoms with Gasteiger partial charge in [-0.3, -0.25) is 0 Å². The summed E-state index contributed by atoms with van der Waals surface area (Å²) in [4.78, 5) is 17.3. The lowest BCUT2D eigenvalue weighted by molar-refractivity contribution is 0.0697. The van der Waals surface area contributed by atoms with Gasteiger partial charge in [-0.1, -0.05) is 0 Å². The Morgan fingerprint density at radius 1 is 1.19 bits per heavy atom. The normalized spacial score (nSPS) is 10.8. The van der Waals surface area contributed by atoms with Crippen LogP contribution in [0.1, 0.15) is 10.4 Å². The Hall–Kier alpha value is -2.89. The highest BCUT2D eigenvalue weighted by atomic mass is 16.4. The second kappa shape index (κ2) is 4.90. The molecule has 0 aliphatic carbocycles. The Labute approximate surface area is 121 Å². The van der Waals surface area contributed by atoms with Gasteiger partial charge in [0.2, 0.25) is 0 Å². The summed E-state index contributed by atoms with van der Waals surface area (Å²) < 4.78 is 1.57. The van der Waals surface area contributed by atoms with Crippen LogP contribution in [0.15, 0.2) is 42.6 Å². The molecular formula is C15H14N4O2. The first-order valence-electron chi connectivity index (χ1n) is 6.42. The maximum absolute atomic E-state index is 11.0. The Morgan fingerprint density at radius 2 is 1.90 bits per heavy atom. The summed E-state index contributed by atoms with van der Waals surface area (Å²) in [5.41, 5.74) is 2.70. The number of anilines is 1. The van der Waals surface area contributed by atoms with E-state index < -0.39 is 5.97 Å². The molecular weight excluding hydrogens is 268 g/mol. The Bertz CT molecular complexity index is 806. The predicted octanol–water partition coefficient (Wildman–Crippen LogP) is 2.16. The van der Waals surface area contributed by atoms with Crippen LogP contribution in [0.3, 0.4) is 0 Å². The monoisotopic (exact) mass is 282 g/mol. The minimum Gasteiger partial charge on any atom is -0.478 e. The predicted molar refractivity (Wildman–Crippen MR) is 79.7 cm³/mol. The van der Waals surface area contributed by atoms with Gasteiger partial charge in [-0.05, 0) is 36.4 Å². The molecule has 2 heterocycles. The Morgan fingerprint density at radius 3 is 2.52 bits per heavy atom. The van der Waals surface area contributed by atoms with Gasteiger partial charge in [0.25, 0.3) is 0 Å². The van der Waals surface area contributed by atoms with Crippen LogP contribution < -0.4 is 4.90 Å². The molecule has 0 spiro atoms. The van der Waals surface area contributed by atoms with Crippen molar-refractivity contribution in [1.82, 2.24) is 14.6 Å². The summed E-state index contributed by atoms with van der Waals surface area (Å²) >= 11 is 0. The zero-order chi connectivity index (χ0) is 15.0. The van der Waals surface area contributed by atoms with E-state index in [9.17, 15) is 4.79 Å². The van der Waals surface area contributed by atoms with Gasteiger partial charge in [0.15, 0.2) is 11.5 Å². The minimum atomic E-state index is -0.975. The molecule has 0 saturated heterocycles. The lowest BCUT2D eigenvalue weighted by Gasteiger charge is -2.11. The third-order valence-corrected chi connectivity index (χ3v) is 3.23. The van der Waals surface area contributed by atoms with Gasteiger partial charge in [0.05, 0.1) is 5.56 Å². The molecule has 0 aliphatic rings. The number of aromatic nitrogens is 3. The van der Waals surface area contributed by atoms with E-state index in [1.54, 1.807) is 10.7 Å². The molecule has 0 atom stereocenters. The molecule has 0 bridgehead atoms. The van der Waals surface area contributed by atoms with Crippen molar-refractivity contribution in [2.45, 2.75) is 0 Å². The molecule has 21 heavy (non-hydrogen) atoms. The van der Waals surface area contributed by atoms with Gasteiger partial charge in [-0.15, -0.1) is 5.10 Å². The van der Waals surface area contributed by atoms with E-state index in [-0.39, 0.29) is 5.56 Å². The number of aromatic carboxylic acids is 1. The molecule has 2 aromatic heterocycles. The number of carbonyl (C=O) groups is 1. The fraction of sp³-hybridized carbons (Fsp3) is 0.133. The van der Waals surface area contributed by atoms with Crippen LogP contribution in [-0.4, -0.2) is 39.8 Å². The number of carboxylic acid groups (broad SMARTS) is 1. The SMILES string of the molecule is CN(C)c1ccc(-c2nc3cc(C(=O)O)ccn3n2)cc1. The van der Waals surface area contributed by atoms with E-state index in [4.69, 9.17) is 5.11 Å². The van der Waals surface area contributed by atoms with Crippen molar-refractivity contribution in [3.63, 3.8) is 0 Å². The first kappa shape index (κ1) is 13.1. The van der Waals surface area contributed by atoms with E-state index in [1.807, 2.05) is 43.3 Å². The lowest BCUT2D eigenvalue weighted by atomic mass is 10.2. The van der Waals surface area contributed by atoms with Gasteiger partial charge in [0.1, 0.15) is 0 Å². The van der Waals surface area contributed by atoms with Gasteiger partial charge >= 0.3 is 5.97 Å². The van der Waals surface area contributed by atoms with Crippen LogP contribution in [0, 0.1) is 0 Å². The zero-order valence-electron chi connectivity index (χ0n) is 11.7. The van der Waals surface area contributed by atoms with Crippen molar-refractivity contribution in [1.29, 1.82) is 0 Å². The van der Waals surface area contributed by atoms with E-state index >= 15 is 0 Å². The highest BCUT2D eigenvalue weighted by molar-refractivity contribution is 5.88. The number of fused-ring (bicyclic) bond motifs is 1. The average Bonchev–Trinajstić information content (AvgIpc) is 2.90. The molecule has 106 valence electrons. The van der Waals surface area contributed by atoms with Gasteiger partial charge in [-0.25, -0.2) is 14.3 Å². The standard InChI is InChI=1S/C15H14N4O2/c1-18(2)12-5-3-10(4-6-12)14-16-13-9-11(15(20)21)7-8-19(13)17-14/h3-9H,1-2H3,(H,20,21). The summed E-state index contributed by atoms with van der Waals surface area (Å²) in [6.45, 7) is 0. The fourth-order valence-corrected chi connectivity index (χ4v) is 2.05. The average molecular weight is 282 g/mol. The van der Waals surface area contributed by atoms with E-state index in [0.29, 0.717) is 11.5 Å². The van der Waals surface area contributed by atoms with Crippen molar-refractivity contribution in [3.05, 3.63) is 48.2 Å². The lowest BCUT2D eigenvalue weighted by Crippen LogP contribution is -2.07. The van der Waals surface area contributed by atoms with Crippen LogP contribution in [-0.2, 0) is 0 Å². The van der Waals surface area contributed by atoms with Crippen LogP contribution in [0.4, 0.5) is 5.69 Å². The third kappa shape index (κ3) is 2.43. The van der Waals surface area contributed by atoms with E-state index in [0.717, 1.165) is 11.3 Å². The summed E-state index contributed by atoms with van der Waals surface area (Å²) in [6.07, 6.45) is 1.60. The molecule has 3 rings (SSSR count). The topological polar surface area (TPSA) is 70.7 Å². The number of hydrogen-bond donors (Lipinski definition) is 1. The van der Waals surface area contributed by atoms with Crippen molar-refractivity contribution in [2.75, 3.05) is 19.0 Å². The zero-order valence-corrected chi connectivity index (χ0v) is 11.7. The molecule has 0 unspecified atom stereocenters. The van der Waals surface area contributed by atoms with E-state index in [2.05, 4.69) is 10.1 Å². The van der Waals surface area contributed by atoms with Crippen molar-refractivity contribution < 1.29 is 9.90 Å². The number of rotatable bonds is 3. The molecule has 1 aromatic carbocycles. The number of benzene rings is 1. The van der Waals surface area contributed by atoms with Crippen LogP contribution in [0.2, 0.25) is 0 Å². The maximum atomic E-state index is 11.0. The minimum absolute atomic E-state index is 0.199. The first-order chi connectivity index (χ1) is 10.0. The highest BCUT2D eigenvalue weighted by Gasteiger charge is 2.09. The smallest absolute Gasteiger partial charge is 0.335 e. The molecule has 0 radical (unpaired) electrons. The van der Waals surface area contributed by atoms with Crippen LogP contribution >= 0.6 is 0 Å². The fourth-order valence-electron chi connectivity index (χ4n) is 2.05. The molecule has 0 saturated carbocycles. The number of nitrogens with zero attached hydrogens (tertiary/aromatic N) is 4. The summed E-state index contributed by atoms with van der Waals surface area (Å²) in [5, 5.41) is 13.3.